The van der Waals surface area contributed by atoms with Crippen LogP contribution >= 0.6 is 34.9 Å². The number of benzene rings is 1. The summed E-state index contributed by atoms with van der Waals surface area (Å²) >= 11 is 4.48. The average Bonchev–Trinajstić information content (AvgIpc) is 2.85. The first-order chi connectivity index (χ1) is 9.10. The lowest BCUT2D eigenvalue weighted by Crippen LogP contribution is -2.11. The van der Waals surface area contributed by atoms with Gasteiger partial charge in [-0.3, -0.25) is 5.41 Å². The molecular formula is C11H11FN4S3. The molecule has 0 unspecified atom stereocenters. The van der Waals surface area contributed by atoms with Gasteiger partial charge in [-0.2, -0.15) is 0 Å². The summed E-state index contributed by atoms with van der Waals surface area (Å²) in [7, 11) is 0. The summed E-state index contributed by atoms with van der Waals surface area (Å²) in [5.74, 6) is -0.00539. The van der Waals surface area contributed by atoms with Gasteiger partial charge in [0.1, 0.15) is 11.7 Å². The molecule has 2 rings (SSSR count). The number of nitrogens with two attached hydrogens (primary N) is 1. The molecule has 3 N–H and O–H groups in total. The van der Waals surface area contributed by atoms with Crippen molar-refractivity contribution in [1.29, 1.82) is 5.41 Å². The second-order valence-corrected chi connectivity index (χ2v) is 6.80. The fraction of sp³-hybridized carbons (Fsp3) is 0.182. The van der Waals surface area contributed by atoms with Crippen LogP contribution in [-0.2, 0) is 5.75 Å². The third-order valence-corrected chi connectivity index (χ3v) is 5.36. The molecular weight excluding hydrogens is 303 g/mol. The van der Waals surface area contributed by atoms with Crippen molar-refractivity contribution < 1.29 is 4.39 Å². The van der Waals surface area contributed by atoms with E-state index in [-0.39, 0.29) is 11.7 Å². The number of nitrogens with zero attached hydrogens (tertiary/aromatic N) is 2. The Labute approximate surface area is 122 Å². The Balaban J connectivity index is 2.05. The second kappa shape index (κ2) is 6.36. The molecule has 0 saturated carbocycles. The van der Waals surface area contributed by atoms with Crippen molar-refractivity contribution >= 4 is 40.7 Å². The summed E-state index contributed by atoms with van der Waals surface area (Å²) in [5.41, 5.74) is 6.27. The Morgan fingerprint density at radius 2 is 2.16 bits per heavy atom. The van der Waals surface area contributed by atoms with E-state index in [1.54, 1.807) is 12.1 Å². The molecule has 0 atom stereocenters. The molecule has 0 radical (unpaired) electrons. The van der Waals surface area contributed by atoms with Crippen molar-refractivity contribution in [2.45, 2.75) is 14.4 Å². The number of nitrogen functional groups attached to an aromatic ring is 1. The highest BCUT2D eigenvalue weighted by Crippen LogP contribution is 2.30. The van der Waals surface area contributed by atoms with E-state index in [0.29, 0.717) is 16.9 Å². The lowest BCUT2D eigenvalue weighted by molar-refractivity contribution is 0.617. The van der Waals surface area contributed by atoms with E-state index in [4.69, 9.17) is 11.1 Å². The molecule has 0 aliphatic rings. The van der Waals surface area contributed by atoms with Gasteiger partial charge in [0.05, 0.1) is 0 Å². The molecule has 1 aromatic carbocycles. The molecule has 2 aromatic rings. The number of hydrogen-bond acceptors (Lipinski definition) is 6. The minimum absolute atomic E-state index is 0.133. The number of hydrogen-bond donors (Lipinski definition) is 2. The maximum atomic E-state index is 13.8. The van der Waals surface area contributed by atoms with E-state index < -0.39 is 0 Å². The van der Waals surface area contributed by atoms with Gasteiger partial charge < -0.3 is 5.73 Å². The average molecular weight is 314 g/mol. The largest absolute Gasteiger partial charge is 0.384 e. The molecule has 100 valence electrons. The predicted octanol–water partition coefficient (Wildman–Crippen LogP) is 2.98. The van der Waals surface area contributed by atoms with Crippen LogP contribution in [-0.4, -0.2) is 22.3 Å². The highest BCUT2D eigenvalue weighted by molar-refractivity contribution is 8.02. The van der Waals surface area contributed by atoms with Gasteiger partial charge in [0, 0.05) is 11.3 Å². The van der Waals surface area contributed by atoms with E-state index in [0.717, 1.165) is 8.68 Å². The molecule has 0 aliphatic carbocycles. The van der Waals surface area contributed by atoms with E-state index in [1.807, 2.05) is 6.26 Å². The number of rotatable bonds is 5. The Hall–Kier alpha value is -1.12. The molecule has 0 aliphatic heterocycles. The Morgan fingerprint density at radius 1 is 1.42 bits per heavy atom. The summed E-state index contributed by atoms with van der Waals surface area (Å²) in [6.45, 7) is 0. The van der Waals surface area contributed by atoms with Crippen LogP contribution in [0.3, 0.4) is 0 Å². The Bertz CT molecular complexity index is 599. The van der Waals surface area contributed by atoms with Crippen LogP contribution in [0.5, 0.6) is 0 Å². The first-order valence-corrected chi connectivity index (χ1v) is 8.26. The number of amidine groups is 1. The third kappa shape index (κ3) is 3.68. The minimum atomic E-state index is -0.352. The number of aromatic nitrogens is 2. The number of halogens is 1. The van der Waals surface area contributed by atoms with E-state index in [9.17, 15) is 4.39 Å². The molecule has 8 heteroatoms. The summed E-state index contributed by atoms with van der Waals surface area (Å²) in [5, 5.41) is 15.2. The third-order valence-electron chi connectivity index (χ3n) is 2.28. The van der Waals surface area contributed by atoms with Gasteiger partial charge in [-0.1, -0.05) is 47.0 Å². The standard InChI is InChI=1S/C11H11FN4S3/c1-17-10-15-16-11(19-10)18-5-7-3-2-6(9(13)14)4-8(7)12/h2-4H,5H2,1H3,(H3,13,14). The van der Waals surface area contributed by atoms with Crippen molar-refractivity contribution in [3.8, 4) is 0 Å². The molecule has 0 saturated heterocycles. The van der Waals surface area contributed by atoms with Crippen LogP contribution in [0, 0.1) is 11.2 Å². The zero-order valence-electron chi connectivity index (χ0n) is 10.0. The minimum Gasteiger partial charge on any atom is -0.384 e. The first-order valence-electron chi connectivity index (χ1n) is 5.23. The predicted molar refractivity (Wildman–Crippen MR) is 78.7 cm³/mol. The maximum absolute atomic E-state index is 13.8. The molecule has 0 bridgehead atoms. The number of thioether (sulfide) groups is 2. The summed E-state index contributed by atoms with van der Waals surface area (Å²) in [6, 6.07) is 4.58. The van der Waals surface area contributed by atoms with Gasteiger partial charge in [0.2, 0.25) is 0 Å². The lowest BCUT2D eigenvalue weighted by Gasteiger charge is -2.03. The van der Waals surface area contributed by atoms with Gasteiger partial charge in [-0.25, -0.2) is 4.39 Å². The van der Waals surface area contributed by atoms with E-state index >= 15 is 0 Å². The Kier molecular flexibility index (Phi) is 4.78. The Morgan fingerprint density at radius 3 is 2.74 bits per heavy atom. The van der Waals surface area contributed by atoms with Crippen LogP contribution < -0.4 is 5.73 Å². The zero-order valence-corrected chi connectivity index (χ0v) is 12.5. The summed E-state index contributed by atoms with van der Waals surface area (Å²) in [4.78, 5) is 0. The van der Waals surface area contributed by atoms with Gasteiger partial charge in [0.15, 0.2) is 8.68 Å². The topological polar surface area (TPSA) is 75.7 Å². The maximum Gasteiger partial charge on any atom is 0.175 e. The smallest absolute Gasteiger partial charge is 0.175 e. The van der Waals surface area contributed by atoms with Crippen molar-refractivity contribution in [2.75, 3.05) is 6.26 Å². The molecule has 1 heterocycles. The van der Waals surface area contributed by atoms with E-state index in [2.05, 4.69) is 10.2 Å². The van der Waals surface area contributed by atoms with Crippen molar-refractivity contribution in [1.82, 2.24) is 10.2 Å². The van der Waals surface area contributed by atoms with Crippen LogP contribution in [0.1, 0.15) is 11.1 Å². The zero-order chi connectivity index (χ0) is 13.8. The van der Waals surface area contributed by atoms with Crippen molar-refractivity contribution in [3.05, 3.63) is 35.1 Å². The van der Waals surface area contributed by atoms with Gasteiger partial charge in [-0.15, -0.1) is 10.2 Å². The fourth-order valence-electron chi connectivity index (χ4n) is 1.31. The van der Waals surface area contributed by atoms with E-state index in [1.165, 1.54) is 40.9 Å². The first kappa shape index (κ1) is 14.3. The van der Waals surface area contributed by atoms with Crippen LogP contribution in [0.15, 0.2) is 26.9 Å². The summed E-state index contributed by atoms with van der Waals surface area (Å²) in [6.07, 6.45) is 1.94. The molecule has 0 fully saturated rings. The van der Waals surface area contributed by atoms with Crippen LogP contribution in [0.25, 0.3) is 0 Å². The van der Waals surface area contributed by atoms with Crippen molar-refractivity contribution in [2.24, 2.45) is 5.73 Å². The molecule has 4 nitrogen and oxygen atoms in total. The summed E-state index contributed by atoms with van der Waals surface area (Å²) < 4.78 is 15.5. The van der Waals surface area contributed by atoms with Gasteiger partial charge in [0.25, 0.3) is 0 Å². The normalized spacial score (nSPS) is 10.6. The van der Waals surface area contributed by atoms with Gasteiger partial charge in [-0.05, 0) is 17.9 Å². The van der Waals surface area contributed by atoms with Crippen molar-refractivity contribution in [3.63, 3.8) is 0 Å². The lowest BCUT2D eigenvalue weighted by atomic mass is 10.1. The molecule has 0 spiro atoms. The molecule has 1 aromatic heterocycles. The molecule has 0 amide bonds. The monoisotopic (exact) mass is 314 g/mol. The highest BCUT2D eigenvalue weighted by atomic mass is 32.2. The fourth-order valence-corrected chi connectivity index (χ4v) is 3.73. The van der Waals surface area contributed by atoms with Crippen LogP contribution in [0.4, 0.5) is 4.39 Å². The second-order valence-electron chi connectivity index (χ2n) is 3.55. The molecule has 19 heavy (non-hydrogen) atoms. The van der Waals surface area contributed by atoms with Gasteiger partial charge >= 0.3 is 0 Å². The SMILES string of the molecule is CSc1nnc(SCc2ccc(C(=N)N)cc2F)s1. The van der Waals surface area contributed by atoms with Crippen LogP contribution in [0.2, 0.25) is 0 Å². The highest BCUT2D eigenvalue weighted by Gasteiger charge is 2.08. The quantitative estimate of drug-likeness (QED) is 0.504. The number of nitrogens with one attached hydrogen (secondary N) is 1.